The second-order valence-electron chi connectivity index (χ2n) is 5.69. The number of primary amides is 1. The molecular weight excluding hydrogens is 234 g/mol. The second kappa shape index (κ2) is 5.59. The first-order valence-electron chi connectivity index (χ1n) is 6.09. The molecule has 1 heterocycles. The van der Waals surface area contributed by atoms with Crippen LogP contribution in [0.5, 0.6) is 0 Å². The van der Waals surface area contributed by atoms with E-state index in [1.165, 1.54) is 0 Å². The van der Waals surface area contributed by atoms with Crippen LogP contribution in [-0.2, 0) is 4.79 Å². The van der Waals surface area contributed by atoms with Crippen LogP contribution in [0.1, 0.15) is 20.3 Å². The van der Waals surface area contributed by atoms with Gasteiger partial charge in [0, 0.05) is 18.8 Å². The van der Waals surface area contributed by atoms with Crippen molar-refractivity contribution in [1.82, 2.24) is 10.2 Å². The summed E-state index contributed by atoms with van der Waals surface area (Å²) in [4.78, 5) is 14.0. The van der Waals surface area contributed by atoms with Crippen LogP contribution in [0, 0.1) is 5.41 Å². The molecule has 1 atom stereocenters. The third-order valence-corrected chi connectivity index (χ3v) is 4.88. The molecule has 1 aliphatic rings. The topological polar surface area (TPSA) is 58.4 Å². The van der Waals surface area contributed by atoms with Gasteiger partial charge in [0.05, 0.1) is 0 Å². The van der Waals surface area contributed by atoms with Crippen LogP contribution >= 0.6 is 11.8 Å². The number of nitrogens with zero attached hydrogens (tertiary/aromatic N) is 1. The minimum absolute atomic E-state index is 0.0730. The van der Waals surface area contributed by atoms with E-state index < -0.39 is 5.54 Å². The molecule has 4 nitrogen and oxygen atoms in total. The fourth-order valence-corrected chi connectivity index (χ4v) is 3.98. The van der Waals surface area contributed by atoms with E-state index in [0.717, 1.165) is 31.0 Å². The van der Waals surface area contributed by atoms with Crippen molar-refractivity contribution in [1.29, 1.82) is 0 Å². The highest BCUT2D eigenvalue weighted by atomic mass is 32.2. The molecule has 0 aromatic rings. The van der Waals surface area contributed by atoms with Gasteiger partial charge in [0.15, 0.2) is 0 Å². The van der Waals surface area contributed by atoms with E-state index in [0.29, 0.717) is 0 Å². The van der Waals surface area contributed by atoms with Crippen molar-refractivity contribution in [3.63, 3.8) is 0 Å². The molecule has 1 fully saturated rings. The molecule has 0 aromatic heterocycles. The first-order chi connectivity index (χ1) is 7.82. The highest BCUT2D eigenvalue weighted by molar-refractivity contribution is 7.99. The maximum Gasteiger partial charge on any atom is 0.239 e. The summed E-state index contributed by atoms with van der Waals surface area (Å²) in [6, 6.07) is 0. The van der Waals surface area contributed by atoms with Gasteiger partial charge in [0.25, 0.3) is 0 Å². The van der Waals surface area contributed by atoms with Crippen molar-refractivity contribution in [2.75, 3.05) is 38.7 Å². The van der Waals surface area contributed by atoms with Crippen LogP contribution in [0.15, 0.2) is 0 Å². The monoisotopic (exact) mass is 259 g/mol. The largest absolute Gasteiger partial charge is 0.368 e. The number of carbonyl (C=O) groups excluding carboxylic acids is 1. The fraction of sp³-hybridized carbons (Fsp3) is 0.917. The minimum Gasteiger partial charge on any atom is -0.368 e. The number of thioether (sulfide) groups is 1. The maximum atomic E-state index is 11.9. The Morgan fingerprint density at radius 2 is 2.12 bits per heavy atom. The summed E-state index contributed by atoms with van der Waals surface area (Å²) in [7, 11) is 4.05. The smallest absolute Gasteiger partial charge is 0.239 e. The molecule has 5 heteroatoms. The Kier molecular flexibility index (Phi) is 4.86. The van der Waals surface area contributed by atoms with Gasteiger partial charge < -0.3 is 16.0 Å². The molecule has 0 bridgehead atoms. The number of carbonyl (C=O) groups is 1. The van der Waals surface area contributed by atoms with E-state index in [9.17, 15) is 4.79 Å². The van der Waals surface area contributed by atoms with Gasteiger partial charge >= 0.3 is 0 Å². The zero-order chi connectivity index (χ0) is 13.1. The first-order valence-corrected chi connectivity index (χ1v) is 7.25. The van der Waals surface area contributed by atoms with Crippen molar-refractivity contribution >= 4 is 17.7 Å². The second-order valence-corrected chi connectivity index (χ2v) is 6.79. The molecular formula is C12H25N3OS. The van der Waals surface area contributed by atoms with E-state index in [2.05, 4.69) is 24.1 Å². The summed E-state index contributed by atoms with van der Waals surface area (Å²) < 4.78 is 0. The SMILES string of the molecule is CN(C)CCNC1(C(N)=O)CSCCC1(C)C. The summed E-state index contributed by atoms with van der Waals surface area (Å²) in [6.07, 6.45) is 1.02. The van der Waals surface area contributed by atoms with Gasteiger partial charge in [0.1, 0.15) is 5.54 Å². The average molecular weight is 259 g/mol. The Labute approximate surface area is 109 Å². The zero-order valence-corrected chi connectivity index (χ0v) is 12.2. The van der Waals surface area contributed by atoms with Crippen LogP contribution in [-0.4, -0.2) is 55.0 Å². The lowest BCUT2D eigenvalue weighted by atomic mass is 9.70. The van der Waals surface area contributed by atoms with Crippen LogP contribution in [0.2, 0.25) is 0 Å². The Balaban J connectivity index is 2.77. The number of amides is 1. The number of nitrogens with two attached hydrogens (primary N) is 1. The van der Waals surface area contributed by atoms with E-state index in [4.69, 9.17) is 5.73 Å². The molecule has 0 aliphatic carbocycles. The zero-order valence-electron chi connectivity index (χ0n) is 11.4. The number of hydrogen-bond acceptors (Lipinski definition) is 4. The van der Waals surface area contributed by atoms with Crippen LogP contribution in [0.3, 0.4) is 0 Å². The summed E-state index contributed by atoms with van der Waals surface area (Å²) in [5.41, 5.74) is 5.03. The van der Waals surface area contributed by atoms with Gasteiger partial charge in [-0.25, -0.2) is 0 Å². The first kappa shape index (κ1) is 14.8. The summed E-state index contributed by atoms with van der Waals surface area (Å²) >= 11 is 1.81. The van der Waals surface area contributed by atoms with E-state index >= 15 is 0 Å². The van der Waals surface area contributed by atoms with E-state index in [-0.39, 0.29) is 11.3 Å². The van der Waals surface area contributed by atoms with Crippen LogP contribution in [0.25, 0.3) is 0 Å². The number of hydrogen-bond donors (Lipinski definition) is 2. The van der Waals surface area contributed by atoms with Crippen LogP contribution in [0.4, 0.5) is 0 Å². The molecule has 0 radical (unpaired) electrons. The minimum atomic E-state index is -0.564. The fourth-order valence-electron chi connectivity index (χ4n) is 2.24. The summed E-state index contributed by atoms with van der Waals surface area (Å²) in [5, 5.41) is 3.42. The molecule has 1 aliphatic heterocycles. The molecule has 1 amide bonds. The summed E-state index contributed by atoms with van der Waals surface area (Å²) in [6.45, 7) is 5.98. The number of likely N-dealkylation sites (N-methyl/N-ethyl adjacent to an activating group) is 1. The standard InChI is InChI=1S/C12H25N3OS/c1-11(2)5-8-17-9-12(11,10(13)16)14-6-7-15(3)4/h14H,5-9H2,1-4H3,(H2,13,16). The van der Waals surface area contributed by atoms with E-state index in [1.807, 2.05) is 25.9 Å². The van der Waals surface area contributed by atoms with Crippen molar-refractivity contribution in [3.8, 4) is 0 Å². The van der Waals surface area contributed by atoms with E-state index in [1.54, 1.807) is 0 Å². The number of rotatable bonds is 5. The van der Waals surface area contributed by atoms with Crippen molar-refractivity contribution < 1.29 is 4.79 Å². The Bertz CT molecular complexity index is 281. The molecule has 3 N–H and O–H groups in total. The highest BCUT2D eigenvalue weighted by Crippen LogP contribution is 2.42. The average Bonchev–Trinajstić information content (AvgIpc) is 2.19. The normalized spacial score (nSPS) is 28.3. The third kappa shape index (κ3) is 3.14. The van der Waals surface area contributed by atoms with Crippen LogP contribution < -0.4 is 11.1 Å². The highest BCUT2D eigenvalue weighted by Gasteiger charge is 2.51. The number of nitrogens with one attached hydrogen (secondary N) is 1. The van der Waals surface area contributed by atoms with Crippen molar-refractivity contribution in [2.24, 2.45) is 11.1 Å². The molecule has 0 aromatic carbocycles. The third-order valence-electron chi connectivity index (χ3n) is 3.75. The molecule has 1 rings (SSSR count). The van der Waals surface area contributed by atoms with Crippen molar-refractivity contribution in [2.45, 2.75) is 25.8 Å². The van der Waals surface area contributed by atoms with Gasteiger partial charge in [-0.2, -0.15) is 11.8 Å². The lowest BCUT2D eigenvalue weighted by Gasteiger charge is -2.48. The molecule has 100 valence electrons. The van der Waals surface area contributed by atoms with Crippen molar-refractivity contribution in [3.05, 3.63) is 0 Å². The van der Waals surface area contributed by atoms with Gasteiger partial charge in [-0.1, -0.05) is 13.8 Å². The quantitative estimate of drug-likeness (QED) is 0.756. The predicted octanol–water partition coefficient (Wildman–Crippen LogP) is 0.525. The Morgan fingerprint density at radius 1 is 1.47 bits per heavy atom. The molecule has 0 saturated carbocycles. The molecule has 17 heavy (non-hydrogen) atoms. The Morgan fingerprint density at radius 3 is 2.59 bits per heavy atom. The van der Waals surface area contributed by atoms with Gasteiger partial charge in [0.2, 0.25) is 5.91 Å². The van der Waals surface area contributed by atoms with Gasteiger partial charge in [-0.05, 0) is 31.7 Å². The van der Waals surface area contributed by atoms with Gasteiger partial charge in [-0.3, -0.25) is 4.79 Å². The van der Waals surface area contributed by atoms with Gasteiger partial charge in [-0.15, -0.1) is 0 Å². The predicted molar refractivity (Wildman–Crippen MR) is 74.2 cm³/mol. The Hall–Kier alpha value is -0.260. The lowest BCUT2D eigenvalue weighted by Crippen LogP contribution is -2.68. The molecule has 0 spiro atoms. The summed E-state index contributed by atoms with van der Waals surface area (Å²) in [5.74, 6) is 1.67. The lowest BCUT2D eigenvalue weighted by molar-refractivity contribution is -0.128. The molecule has 1 saturated heterocycles. The molecule has 1 unspecified atom stereocenters. The maximum absolute atomic E-state index is 11.9.